The van der Waals surface area contributed by atoms with Crippen molar-refractivity contribution in [2.45, 2.75) is 65.1 Å². The summed E-state index contributed by atoms with van der Waals surface area (Å²) in [5.41, 5.74) is 0.561. The number of allylic oxidation sites excluding steroid dienone is 2. The molecule has 1 aliphatic carbocycles. The fourth-order valence-electron chi connectivity index (χ4n) is 2.36. The van der Waals surface area contributed by atoms with Crippen LogP contribution in [-0.2, 0) is 19.1 Å². The number of carbonyl (C=O) groups is 2. The molecular formula is C14H22O4. The van der Waals surface area contributed by atoms with Gasteiger partial charge in [-0.15, -0.1) is 0 Å². The summed E-state index contributed by atoms with van der Waals surface area (Å²) in [6, 6.07) is 0. The molecule has 18 heavy (non-hydrogen) atoms. The second kappa shape index (κ2) is 6.03. The summed E-state index contributed by atoms with van der Waals surface area (Å²) in [6.45, 7) is 6.68. The minimum absolute atomic E-state index is 0.333. The molecule has 4 nitrogen and oxygen atoms in total. The fourth-order valence-corrected chi connectivity index (χ4v) is 2.36. The summed E-state index contributed by atoms with van der Waals surface area (Å²) >= 11 is 0. The standard InChI is InChI=1S/C14H22O4/c1-10-6-5-9-14(4,18-12(3)16)13(8-7-10)17-11(2)15/h6,13H,5,7-9H2,1-4H3. The first-order valence-electron chi connectivity index (χ1n) is 6.36. The van der Waals surface area contributed by atoms with Gasteiger partial charge in [-0.05, 0) is 39.5 Å². The van der Waals surface area contributed by atoms with Gasteiger partial charge in [0.25, 0.3) is 0 Å². The molecule has 2 unspecified atom stereocenters. The van der Waals surface area contributed by atoms with Gasteiger partial charge in [-0.3, -0.25) is 9.59 Å². The Labute approximate surface area is 108 Å². The molecule has 0 spiro atoms. The van der Waals surface area contributed by atoms with Gasteiger partial charge in [0.05, 0.1) is 0 Å². The Hall–Kier alpha value is -1.32. The molecule has 0 saturated heterocycles. The van der Waals surface area contributed by atoms with Crippen LogP contribution in [0.3, 0.4) is 0 Å². The molecule has 0 aromatic carbocycles. The molecular weight excluding hydrogens is 232 g/mol. The van der Waals surface area contributed by atoms with Gasteiger partial charge in [-0.25, -0.2) is 0 Å². The van der Waals surface area contributed by atoms with Gasteiger partial charge in [-0.1, -0.05) is 11.6 Å². The highest BCUT2D eigenvalue weighted by Gasteiger charge is 2.39. The van der Waals surface area contributed by atoms with Crippen LogP contribution in [0.4, 0.5) is 0 Å². The molecule has 0 aromatic rings. The highest BCUT2D eigenvalue weighted by atomic mass is 16.6. The van der Waals surface area contributed by atoms with E-state index < -0.39 is 5.60 Å². The first kappa shape index (κ1) is 14.7. The van der Waals surface area contributed by atoms with Crippen molar-refractivity contribution >= 4 is 11.9 Å². The third-order valence-electron chi connectivity index (χ3n) is 3.30. The second-order valence-corrected chi connectivity index (χ2v) is 5.13. The Morgan fingerprint density at radius 3 is 2.56 bits per heavy atom. The summed E-state index contributed by atoms with van der Waals surface area (Å²) in [5.74, 6) is -0.670. The molecule has 1 rings (SSSR count). The van der Waals surface area contributed by atoms with E-state index in [1.807, 2.05) is 6.92 Å². The smallest absolute Gasteiger partial charge is 0.303 e. The zero-order valence-corrected chi connectivity index (χ0v) is 11.6. The van der Waals surface area contributed by atoms with Crippen LogP contribution in [0.1, 0.15) is 53.4 Å². The molecule has 4 heteroatoms. The van der Waals surface area contributed by atoms with E-state index >= 15 is 0 Å². The van der Waals surface area contributed by atoms with Gasteiger partial charge >= 0.3 is 11.9 Å². The summed E-state index contributed by atoms with van der Waals surface area (Å²) in [5, 5.41) is 0. The lowest BCUT2D eigenvalue weighted by molar-refractivity contribution is -0.183. The summed E-state index contributed by atoms with van der Waals surface area (Å²) < 4.78 is 10.8. The van der Waals surface area contributed by atoms with Crippen LogP contribution in [-0.4, -0.2) is 23.6 Å². The van der Waals surface area contributed by atoms with E-state index in [-0.39, 0.29) is 18.0 Å². The first-order valence-corrected chi connectivity index (χ1v) is 6.36. The topological polar surface area (TPSA) is 52.6 Å². The number of hydrogen-bond donors (Lipinski definition) is 0. The van der Waals surface area contributed by atoms with E-state index in [4.69, 9.17) is 9.47 Å². The van der Waals surface area contributed by atoms with Crippen LogP contribution < -0.4 is 0 Å². The number of hydrogen-bond acceptors (Lipinski definition) is 4. The van der Waals surface area contributed by atoms with Gasteiger partial charge in [-0.2, -0.15) is 0 Å². The molecule has 0 bridgehead atoms. The van der Waals surface area contributed by atoms with Crippen LogP contribution >= 0.6 is 0 Å². The van der Waals surface area contributed by atoms with E-state index in [0.717, 1.165) is 12.8 Å². The van der Waals surface area contributed by atoms with E-state index in [2.05, 4.69) is 13.0 Å². The van der Waals surface area contributed by atoms with Gasteiger partial charge < -0.3 is 9.47 Å². The lowest BCUT2D eigenvalue weighted by Crippen LogP contribution is -2.46. The fraction of sp³-hybridized carbons (Fsp3) is 0.714. The van der Waals surface area contributed by atoms with Gasteiger partial charge in [0.15, 0.2) is 0 Å². The number of rotatable bonds is 2. The molecule has 1 aliphatic rings. The Morgan fingerprint density at radius 2 is 2.00 bits per heavy atom. The first-order chi connectivity index (χ1) is 8.33. The van der Waals surface area contributed by atoms with Crippen LogP contribution in [0, 0.1) is 0 Å². The summed E-state index contributed by atoms with van der Waals surface area (Å²) in [4.78, 5) is 22.4. The van der Waals surface area contributed by atoms with Crippen molar-refractivity contribution in [2.75, 3.05) is 0 Å². The molecule has 102 valence electrons. The number of esters is 2. The third kappa shape index (κ3) is 4.17. The largest absolute Gasteiger partial charge is 0.458 e. The van der Waals surface area contributed by atoms with E-state index in [0.29, 0.717) is 12.8 Å². The van der Waals surface area contributed by atoms with Crippen molar-refractivity contribution < 1.29 is 19.1 Å². The normalized spacial score (nSPS) is 28.7. The zero-order chi connectivity index (χ0) is 13.8. The maximum absolute atomic E-state index is 11.2. The minimum atomic E-state index is -0.727. The molecule has 2 atom stereocenters. The molecule has 0 aliphatic heterocycles. The predicted molar refractivity (Wildman–Crippen MR) is 68.0 cm³/mol. The van der Waals surface area contributed by atoms with Crippen LogP contribution in [0.5, 0.6) is 0 Å². The van der Waals surface area contributed by atoms with Crippen molar-refractivity contribution in [3.05, 3.63) is 11.6 Å². The Balaban J connectivity index is 2.91. The number of carbonyl (C=O) groups excluding carboxylic acids is 2. The van der Waals surface area contributed by atoms with E-state index in [9.17, 15) is 9.59 Å². The molecule has 0 fully saturated rings. The average molecular weight is 254 g/mol. The Bertz CT molecular complexity index is 359. The maximum atomic E-state index is 11.2. The molecule has 0 heterocycles. The molecule has 0 N–H and O–H groups in total. The lowest BCUT2D eigenvalue weighted by Gasteiger charge is -2.37. The van der Waals surface area contributed by atoms with Crippen LogP contribution in [0.2, 0.25) is 0 Å². The van der Waals surface area contributed by atoms with Crippen LogP contribution in [0.15, 0.2) is 11.6 Å². The third-order valence-corrected chi connectivity index (χ3v) is 3.30. The predicted octanol–water partition coefficient (Wildman–Crippen LogP) is 2.76. The van der Waals surface area contributed by atoms with Gasteiger partial charge in [0.1, 0.15) is 11.7 Å². The summed E-state index contributed by atoms with van der Waals surface area (Å²) in [6.07, 6.45) is 4.82. The van der Waals surface area contributed by atoms with Crippen LogP contribution in [0.25, 0.3) is 0 Å². The quantitative estimate of drug-likeness (QED) is 0.561. The molecule has 0 aromatic heterocycles. The van der Waals surface area contributed by atoms with Crippen molar-refractivity contribution in [3.8, 4) is 0 Å². The molecule has 0 amide bonds. The maximum Gasteiger partial charge on any atom is 0.303 e. The minimum Gasteiger partial charge on any atom is -0.458 e. The monoisotopic (exact) mass is 254 g/mol. The van der Waals surface area contributed by atoms with Gasteiger partial charge in [0.2, 0.25) is 0 Å². The average Bonchev–Trinajstić information content (AvgIpc) is 2.21. The lowest BCUT2D eigenvalue weighted by atomic mass is 9.86. The van der Waals surface area contributed by atoms with Crippen molar-refractivity contribution in [1.29, 1.82) is 0 Å². The van der Waals surface area contributed by atoms with Crippen molar-refractivity contribution in [2.24, 2.45) is 0 Å². The number of ether oxygens (including phenoxy) is 2. The van der Waals surface area contributed by atoms with Crippen molar-refractivity contribution in [3.63, 3.8) is 0 Å². The zero-order valence-electron chi connectivity index (χ0n) is 11.6. The molecule has 0 radical (unpaired) electrons. The van der Waals surface area contributed by atoms with Crippen molar-refractivity contribution in [1.82, 2.24) is 0 Å². The highest BCUT2D eigenvalue weighted by molar-refractivity contribution is 5.67. The highest BCUT2D eigenvalue weighted by Crippen LogP contribution is 2.31. The summed E-state index contributed by atoms with van der Waals surface area (Å²) in [7, 11) is 0. The van der Waals surface area contributed by atoms with Gasteiger partial charge in [0, 0.05) is 13.8 Å². The molecule has 0 saturated carbocycles. The SMILES string of the molecule is CC(=O)OC1CCC(C)=CCCC1(C)OC(C)=O. The van der Waals surface area contributed by atoms with E-state index in [1.165, 1.54) is 19.4 Å². The van der Waals surface area contributed by atoms with E-state index in [1.54, 1.807) is 0 Å². The Morgan fingerprint density at radius 1 is 1.33 bits per heavy atom. The Kier molecular flexibility index (Phi) is 4.93. The second-order valence-electron chi connectivity index (χ2n) is 5.13.